The summed E-state index contributed by atoms with van der Waals surface area (Å²) in [6.45, 7) is 0.810. The Morgan fingerprint density at radius 1 is 1.32 bits per heavy atom. The molecule has 138 valence electrons. The Labute approximate surface area is 142 Å². The van der Waals surface area contributed by atoms with Gasteiger partial charge in [0.05, 0.1) is 11.3 Å². The lowest BCUT2D eigenvalue weighted by Gasteiger charge is -2.35. The third-order valence-electron chi connectivity index (χ3n) is 4.00. The fourth-order valence-electron chi connectivity index (χ4n) is 2.73. The number of hydrogen-bond acceptors (Lipinski definition) is 5. The van der Waals surface area contributed by atoms with Crippen molar-refractivity contribution >= 4 is 11.6 Å². The predicted octanol–water partition coefficient (Wildman–Crippen LogP) is 1.09. The Morgan fingerprint density at radius 2 is 1.96 bits per heavy atom. The highest BCUT2D eigenvalue weighted by Gasteiger charge is 2.43. The smallest absolute Gasteiger partial charge is 0.354 e. The maximum Gasteiger partial charge on any atom is 0.405 e. The number of rotatable bonds is 6. The molecule has 1 unspecified atom stereocenters. The summed E-state index contributed by atoms with van der Waals surface area (Å²) < 4.78 is 39.7. The predicted molar refractivity (Wildman–Crippen MR) is 84.1 cm³/mol. The topological polar surface area (TPSA) is 87.5 Å². The van der Waals surface area contributed by atoms with Crippen molar-refractivity contribution in [3.63, 3.8) is 0 Å². The Kier molecular flexibility index (Phi) is 6.32. The van der Waals surface area contributed by atoms with Crippen molar-refractivity contribution in [3.05, 3.63) is 39.9 Å². The molecule has 2 N–H and O–H groups in total. The van der Waals surface area contributed by atoms with Gasteiger partial charge in [-0.3, -0.25) is 19.8 Å². The highest BCUT2D eigenvalue weighted by atomic mass is 19.4. The Balaban J connectivity index is 1.98. The molecule has 1 heterocycles. The highest BCUT2D eigenvalue weighted by molar-refractivity contribution is 5.79. The van der Waals surface area contributed by atoms with Crippen LogP contribution in [0.5, 0.6) is 0 Å². The summed E-state index contributed by atoms with van der Waals surface area (Å²) in [5, 5.41) is 16.2. The number of nitro benzene ring substituents is 1. The fourth-order valence-corrected chi connectivity index (χ4v) is 2.73. The second kappa shape index (κ2) is 8.26. The van der Waals surface area contributed by atoms with Gasteiger partial charge in [0.1, 0.15) is 6.04 Å². The van der Waals surface area contributed by atoms with E-state index in [9.17, 15) is 28.1 Å². The van der Waals surface area contributed by atoms with Crippen LogP contribution >= 0.6 is 0 Å². The molecule has 0 aromatic heterocycles. The molecule has 0 saturated carbocycles. The number of carbonyl (C=O) groups excluding carboxylic acids is 1. The molecule has 1 amide bonds. The monoisotopic (exact) mass is 360 g/mol. The Hall–Kier alpha value is -2.20. The van der Waals surface area contributed by atoms with Gasteiger partial charge in [-0.15, -0.1) is 0 Å². The SMILES string of the molecule is O=C(Cc1ccccc1[N+](=O)[O-])NCC(N1CCNCC1)C(F)(F)F. The zero-order valence-electron chi connectivity index (χ0n) is 13.4. The van der Waals surface area contributed by atoms with Crippen molar-refractivity contribution in [3.8, 4) is 0 Å². The number of piperazine rings is 1. The van der Waals surface area contributed by atoms with Crippen LogP contribution in [0.1, 0.15) is 5.56 Å². The number of nitrogens with zero attached hydrogens (tertiary/aromatic N) is 2. The van der Waals surface area contributed by atoms with E-state index in [1.807, 2.05) is 0 Å². The van der Waals surface area contributed by atoms with Crippen molar-refractivity contribution in [1.29, 1.82) is 0 Å². The van der Waals surface area contributed by atoms with Gasteiger partial charge in [0.2, 0.25) is 5.91 Å². The summed E-state index contributed by atoms with van der Waals surface area (Å²) in [4.78, 5) is 23.5. The average Bonchev–Trinajstić information content (AvgIpc) is 2.55. The van der Waals surface area contributed by atoms with Gasteiger partial charge < -0.3 is 10.6 Å². The number of para-hydroxylation sites is 1. The minimum atomic E-state index is -4.47. The number of hydrogen-bond donors (Lipinski definition) is 2. The first-order valence-corrected chi connectivity index (χ1v) is 7.79. The zero-order chi connectivity index (χ0) is 18.4. The van der Waals surface area contributed by atoms with Gasteiger partial charge in [-0.1, -0.05) is 18.2 Å². The van der Waals surface area contributed by atoms with Crippen molar-refractivity contribution < 1.29 is 22.9 Å². The molecule has 1 aliphatic rings. The van der Waals surface area contributed by atoms with Gasteiger partial charge in [-0.25, -0.2) is 0 Å². The number of alkyl halides is 3. The number of benzene rings is 1. The molecule has 7 nitrogen and oxygen atoms in total. The van der Waals surface area contributed by atoms with Crippen LogP contribution in [-0.2, 0) is 11.2 Å². The first kappa shape index (κ1) is 19.1. The van der Waals surface area contributed by atoms with E-state index in [0.29, 0.717) is 13.1 Å². The third kappa shape index (κ3) is 5.40. The normalized spacial score (nSPS) is 17.1. The summed E-state index contributed by atoms with van der Waals surface area (Å²) in [6.07, 6.45) is -4.81. The molecule has 0 aliphatic carbocycles. The van der Waals surface area contributed by atoms with Gasteiger partial charge in [0.15, 0.2) is 0 Å². The number of nitro groups is 1. The van der Waals surface area contributed by atoms with Crippen LogP contribution in [0.15, 0.2) is 24.3 Å². The molecule has 1 aromatic carbocycles. The van der Waals surface area contributed by atoms with E-state index in [4.69, 9.17) is 0 Å². The molecule has 0 bridgehead atoms. The summed E-state index contributed by atoms with van der Waals surface area (Å²) in [7, 11) is 0. The molecule has 2 rings (SSSR count). The minimum Gasteiger partial charge on any atom is -0.354 e. The van der Waals surface area contributed by atoms with Crippen molar-refractivity contribution in [1.82, 2.24) is 15.5 Å². The number of halogens is 3. The van der Waals surface area contributed by atoms with Gasteiger partial charge in [-0.2, -0.15) is 13.2 Å². The van der Waals surface area contributed by atoms with E-state index in [-0.39, 0.29) is 30.8 Å². The number of carbonyl (C=O) groups is 1. The first-order valence-electron chi connectivity index (χ1n) is 7.79. The van der Waals surface area contributed by atoms with Crippen LogP contribution in [0.2, 0.25) is 0 Å². The largest absolute Gasteiger partial charge is 0.405 e. The second-order valence-corrected chi connectivity index (χ2v) is 5.71. The Morgan fingerprint density at radius 3 is 2.56 bits per heavy atom. The molecule has 1 atom stereocenters. The fraction of sp³-hybridized carbons (Fsp3) is 0.533. The van der Waals surface area contributed by atoms with Crippen LogP contribution in [0.25, 0.3) is 0 Å². The third-order valence-corrected chi connectivity index (χ3v) is 4.00. The Bertz CT molecular complexity index is 618. The lowest BCUT2D eigenvalue weighted by molar-refractivity contribution is -0.385. The van der Waals surface area contributed by atoms with Gasteiger partial charge >= 0.3 is 6.18 Å². The van der Waals surface area contributed by atoms with Crippen LogP contribution in [0, 0.1) is 10.1 Å². The van der Waals surface area contributed by atoms with E-state index in [2.05, 4.69) is 10.6 Å². The summed E-state index contributed by atoms with van der Waals surface area (Å²) >= 11 is 0. The summed E-state index contributed by atoms with van der Waals surface area (Å²) in [6, 6.07) is 3.89. The molecule has 0 radical (unpaired) electrons. The molecule has 0 spiro atoms. The maximum atomic E-state index is 13.2. The molecular formula is C15H19F3N4O3. The molecule has 1 aromatic rings. The number of nitrogens with one attached hydrogen (secondary N) is 2. The van der Waals surface area contributed by atoms with Gasteiger partial charge in [-0.05, 0) is 0 Å². The first-order chi connectivity index (χ1) is 11.8. The lowest BCUT2D eigenvalue weighted by Crippen LogP contribution is -2.57. The zero-order valence-corrected chi connectivity index (χ0v) is 13.4. The standard InChI is InChI=1S/C15H19F3N4O3/c16-15(17,18)13(21-7-5-19-6-8-21)10-20-14(23)9-11-3-1-2-4-12(11)22(24)25/h1-4,13,19H,5-10H2,(H,20,23). The summed E-state index contributed by atoms with van der Waals surface area (Å²) in [5.74, 6) is -0.682. The molecule has 1 aliphatic heterocycles. The van der Waals surface area contributed by atoms with E-state index >= 15 is 0 Å². The van der Waals surface area contributed by atoms with Gasteiger partial charge in [0, 0.05) is 44.4 Å². The minimum absolute atomic E-state index is 0.163. The van der Waals surface area contributed by atoms with E-state index in [1.54, 1.807) is 0 Å². The molecule has 1 fully saturated rings. The van der Waals surface area contributed by atoms with Crippen LogP contribution in [0.3, 0.4) is 0 Å². The molecule has 10 heteroatoms. The second-order valence-electron chi connectivity index (χ2n) is 5.71. The van der Waals surface area contributed by atoms with E-state index in [1.165, 1.54) is 29.2 Å². The van der Waals surface area contributed by atoms with Gasteiger partial charge in [0.25, 0.3) is 5.69 Å². The average molecular weight is 360 g/mol. The molecule has 25 heavy (non-hydrogen) atoms. The summed E-state index contributed by atoms with van der Waals surface area (Å²) in [5.41, 5.74) is -0.0668. The molecule has 1 saturated heterocycles. The van der Waals surface area contributed by atoms with Crippen molar-refractivity contribution in [2.45, 2.75) is 18.6 Å². The van der Waals surface area contributed by atoms with Crippen molar-refractivity contribution in [2.24, 2.45) is 0 Å². The van der Waals surface area contributed by atoms with E-state index in [0.717, 1.165) is 0 Å². The maximum absolute atomic E-state index is 13.2. The lowest BCUT2D eigenvalue weighted by atomic mass is 10.1. The van der Waals surface area contributed by atoms with Crippen LogP contribution < -0.4 is 10.6 Å². The number of amides is 1. The van der Waals surface area contributed by atoms with Crippen LogP contribution in [-0.4, -0.2) is 60.7 Å². The molecular weight excluding hydrogens is 341 g/mol. The van der Waals surface area contributed by atoms with Crippen LogP contribution in [0.4, 0.5) is 18.9 Å². The quantitative estimate of drug-likeness (QED) is 0.586. The highest BCUT2D eigenvalue weighted by Crippen LogP contribution is 2.25. The van der Waals surface area contributed by atoms with Crippen molar-refractivity contribution in [2.75, 3.05) is 32.7 Å². The van der Waals surface area contributed by atoms with E-state index < -0.39 is 29.6 Å².